The molecule has 0 amide bonds. The predicted molar refractivity (Wildman–Crippen MR) is 68.6 cm³/mol. The van der Waals surface area contributed by atoms with Crippen molar-refractivity contribution in [3.05, 3.63) is 48.0 Å². The van der Waals surface area contributed by atoms with Gasteiger partial charge in [-0.25, -0.2) is 0 Å². The number of fused-ring (bicyclic) bond motifs is 1. The molecule has 0 saturated carbocycles. The number of benzene rings is 2. The van der Waals surface area contributed by atoms with E-state index in [1.165, 1.54) is 0 Å². The Morgan fingerprint density at radius 2 is 1.88 bits per heavy atom. The summed E-state index contributed by atoms with van der Waals surface area (Å²) in [7, 11) is 0. The summed E-state index contributed by atoms with van der Waals surface area (Å²) in [6.45, 7) is 2.02. The van der Waals surface area contributed by atoms with Crippen molar-refractivity contribution in [1.29, 1.82) is 0 Å². The van der Waals surface area contributed by atoms with Crippen LogP contribution in [0.3, 0.4) is 0 Å². The third-order valence-electron chi connectivity index (χ3n) is 2.92. The summed E-state index contributed by atoms with van der Waals surface area (Å²) >= 11 is 0. The van der Waals surface area contributed by atoms with Gasteiger partial charge in [-0.1, -0.05) is 29.4 Å². The number of nitrogens with two attached hydrogens (primary N) is 1. The van der Waals surface area contributed by atoms with E-state index < -0.39 is 0 Å². The molecule has 3 rings (SSSR count). The van der Waals surface area contributed by atoms with Crippen LogP contribution in [-0.2, 0) is 0 Å². The second-order valence-corrected chi connectivity index (χ2v) is 4.07. The number of nitrogens with zero attached hydrogens (tertiary/aromatic N) is 1. The Bertz CT molecular complexity index is 686. The Morgan fingerprint density at radius 1 is 1.06 bits per heavy atom. The Labute approximate surface area is 98.8 Å². The molecule has 2 aromatic carbocycles. The molecule has 0 saturated heterocycles. The molecule has 0 unspecified atom stereocenters. The van der Waals surface area contributed by atoms with E-state index in [1.807, 2.05) is 49.4 Å². The van der Waals surface area contributed by atoms with Crippen molar-refractivity contribution in [2.45, 2.75) is 6.92 Å². The molecule has 3 aromatic rings. The first-order valence-corrected chi connectivity index (χ1v) is 5.47. The van der Waals surface area contributed by atoms with Crippen molar-refractivity contribution in [2.75, 3.05) is 5.73 Å². The summed E-state index contributed by atoms with van der Waals surface area (Å²) in [5, 5.41) is 5.11. The summed E-state index contributed by atoms with van der Waals surface area (Å²) in [5.41, 5.74) is 9.54. The van der Waals surface area contributed by atoms with Crippen molar-refractivity contribution in [3.63, 3.8) is 0 Å². The first-order valence-electron chi connectivity index (χ1n) is 5.47. The first-order chi connectivity index (χ1) is 8.27. The third kappa shape index (κ3) is 1.47. The molecule has 84 valence electrons. The summed E-state index contributed by atoms with van der Waals surface area (Å²) in [4.78, 5) is 0. The van der Waals surface area contributed by atoms with E-state index in [0.717, 1.165) is 27.8 Å². The van der Waals surface area contributed by atoms with Gasteiger partial charge in [0.15, 0.2) is 5.76 Å². The van der Waals surface area contributed by atoms with Gasteiger partial charge in [0.25, 0.3) is 0 Å². The predicted octanol–water partition coefficient (Wildman–Crippen LogP) is 3.39. The standard InChI is InChI=1S/C14H12N2O/c1-9-5-4-7-11-13(9)16-17-14(11)10-6-2-3-8-12(10)15/h2-8H,15H2,1H3. The Morgan fingerprint density at radius 3 is 2.71 bits per heavy atom. The number of aryl methyl sites for hydroxylation is 1. The lowest BCUT2D eigenvalue weighted by atomic mass is 10.1. The van der Waals surface area contributed by atoms with Crippen LogP contribution in [0.4, 0.5) is 5.69 Å². The van der Waals surface area contributed by atoms with E-state index in [2.05, 4.69) is 5.16 Å². The second-order valence-electron chi connectivity index (χ2n) is 4.07. The third-order valence-corrected chi connectivity index (χ3v) is 2.92. The van der Waals surface area contributed by atoms with Gasteiger partial charge in [-0.15, -0.1) is 0 Å². The quantitative estimate of drug-likeness (QED) is 0.644. The van der Waals surface area contributed by atoms with E-state index >= 15 is 0 Å². The van der Waals surface area contributed by atoms with Crippen LogP contribution >= 0.6 is 0 Å². The average Bonchev–Trinajstić information content (AvgIpc) is 2.75. The molecule has 1 aromatic heterocycles. The van der Waals surface area contributed by atoms with Crippen molar-refractivity contribution in [1.82, 2.24) is 5.16 Å². The molecule has 0 fully saturated rings. The molecule has 3 nitrogen and oxygen atoms in total. The molecule has 3 heteroatoms. The molecule has 0 spiro atoms. The highest BCUT2D eigenvalue weighted by atomic mass is 16.5. The lowest BCUT2D eigenvalue weighted by Crippen LogP contribution is -1.88. The van der Waals surface area contributed by atoms with E-state index in [-0.39, 0.29) is 0 Å². The van der Waals surface area contributed by atoms with Crippen LogP contribution in [0.2, 0.25) is 0 Å². The molecule has 0 atom stereocenters. The lowest BCUT2D eigenvalue weighted by molar-refractivity contribution is 0.441. The van der Waals surface area contributed by atoms with Crippen LogP contribution < -0.4 is 5.73 Å². The first kappa shape index (κ1) is 9.90. The number of nitrogen functional groups attached to an aromatic ring is 1. The number of aromatic nitrogens is 1. The minimum Gasteiger partial charge on any atom is -0.398 e. The molecule has 0 bridgehead atoms. The largest absolute Gasteiger partial charge is 0.398 e. The van der Waals surface area contributed by atoms with Crippen molar-refractivity contribution >= 4 is 16.6 Å². The topological polar surface area (TPSA) is 52.0 Å². The van der Waals surface area contributed by atoms with Gasteiger partial charge in [0.05, 0.1) is 5.39 Å². The molecule has 0 aliphatic heterocycles. The fourth-order valence-corrected chi connectivity index (χ4v) is 2.00. The monoisotopic (exact) mass is 224 g/mol. The zero-order chi connectivity index (χ0) is 11.8. The Hall–Kier alpha value is -2.29. The zero-order valence-corrected chi connectivity index (χ0v) is 9.47. The number of hydrogen-bond donors (Lipinski definition) is 1. The van der Waals surface area contributed by atoms with Gasteiger partial charge in [-0.05, 0) is 30.7 Å². The van der Waals surface area contributed by atoms with Gasteiger partial charge in [0.1, 0.15) is 5.52 Å². The summed E-state index contributed by atoms with van der Waals surface area (Å²) < 4.78 is 5.43. The SMILES string of the molecule is Cc1cccc2c(-c3ccccc3N)onc12. The number of para-hydroxylation sites is 1. The van der Waals surface area contributed by atoms with Crippen LogP contribution in [0, 0.1) is 6.92 Å². The van der Waals surface area contributed by atoms with Crippen LogP contribution in [-0.4, -0.2) is 5.16 Å². The molecule has 0 aliphatic rings. The van der Waals surface area contributed by atoms with Crippen LogP contribution in [0.25, 0.3) is 22.2 Å². The maximum atomic E-state index is 5.95. The maximum absolute atomic E-state index is 5.95. The Kier molecular flexibility index (Phi) is 2.11. The highest BCUT2D eigenvalue weighted by molar-refractivity contribution is 5.95. The molecule has 17 heavy (non-hydrogen) atoms. The number of anilines is 1. The number of hydrogen-bond acceptors (Lipinski definition) is 3. The fourth-order valence-electron chi connectivity index (χ4n) is 2.00. The molecule has 2 N–H and O–H groups in total. The molecular weight excluding hydrogens is 212 g/mol. The van der Waals surface area contributed by atoms with Crippen LogP contribution in [0.1, 0.15) is 5.56 Å². The van der Waals surface area contributed by atoms with Gasteiger partial charge in [-0.3, -0.25) is 0 Å². The zero-order valence-electron chi connectivity index (χ0n) is 9.47. The summed E-state index contributed by atoms with van der Waals surface area (Å²) in [6, 6.07) is 13.7. The highest BCUT2D eigenvalue weighted by Crippen LogP contribution is 2.33. The highest BCUT2D eigenvalue weighted by Gasteiger charge is 2.13. The van der Waals surface area contributed by atoms with Gasteiger partial charge >= 0.3 is 0 Å². The maximum Gasteiger partial charge on any atom is 0.176 e. The number of rotatable bonds is 1. The van der Waals surface area contributed by atoms with Gasteiger partial charge in [-0.2, -0.15) is 0 Å². The normalized spacial score (nSPS) is 10.9. The van der Waals surface area contributed by atoms with Gasteiger partial charge in [0.2, 0.25) is 0 Å². The average molecular weight is 224 g/mol. The van der Waals surface area contributed by atoms with E-state index in [9.17, 15) is 0 Å². The summed E-state index contributed by atoms with van der Waals surface area (Å²) in [6.07, 6.45) is 0. The van der Waals surface area contributed by atoms with E-state index in [4.69, 9.17) is 10.3 Å². The molecule has 0 aliphatic carbocycles. The van der Waals surface area contributed by atoms with Crippen LogP contribution in [0.5, 0.6) is 0 Å². The Balaban J connectivity index is 2.33. The van der Waals surface area contributed by atoms with E-state index in [0.29, 0.717) is 5.69 Å². The van der Waals surface area contributed by atoms with Gasteiger partial charge < -0.3 is 10.3 Å². The van der Waals surface area contributed by atoms with Crippen molar-refractivity contribution < 1.29 is 4.52 Å². The van der Waals surface area contributed by atoms with E-state index in [1.54, 1.807) is 0 Å². The lowest BCUT2D eigenvalue weighted by Gasteiger charge is -2.01. The fraction of sp³-hybridized carbons (Fsp3) is 0.0714. The van der Waals surface area contributed by atoms with Gasteiger partial charge in [0, 0.05) is 11.3 Å². The minimum atomic E-state index is 0.701. The van der Waals surface area contributed by atoms with Crippen molar-refractivity contribution in [2.24, 2.45) is 0 Å². The summed E-state index contributed by atoms with van der Waals surface area (Å²) in [5.74, 6) is 0.738. The molecule has 1 heterocycles. The van der Waals surface area contributed by atoms with Crippen LogP contribution in [0.15, 0.2) is 47.0 Å². The molecule has 0 radical (unpaired) electrons. The minimum absolute atomic E-state index is 0.701. The smallest absolute Gasteiger partial charge is 0.176 e. The molecular formula is C14H12N2O. The van der Waals surface area contributed by atoms with Crippen molar-refractivity contribution in [3.8, 4) is 11.3 Å². The second kappa shape index (κ2) is 3.63.